The molecule has 1 atom stereocenters. The van der Waals surface area contributed by atoms with E-state index < -0.39 is 12.1 Å². The molecular weight excluding hydrogens is 230 g/mol. The first-order valence-electron chi connectivity index (χ1n) is 5.36. The van der Waals surface area contributed by atoms with Crippen LogP contribution < -0.4 is 0 Å². The lowest BCUT2D eigenvalue weighted by Crippen LogP contribution is -2.41. The van der Waals surface area contributed by atoms with Gasteiger partial charge < -0.3 is 9.84 Å². The fourth-order valence-corrected chi connectivity index (χ4v) is 2.15. The molecule has 1 rings (SSSR count). The second-order valence-corrected chi connectivity index (χ2v) is 4.63. The van der Waals surface area contributed by atoms with Crippen molar-refractivity contribution in [1.29, 1.82) is 0 Å². The van der Waals surface area contributed by atoms with Crippen LogP contribution in [0.5, 0.6) is 0 Å². The number of esters is 1. The van der Waals surface area contributed by atoms with Crippen molar-refractivity contribution in [3.63, 3.8) is 0 Å². The van der Waals surface area contributed by atoms with E-state index in [1.165, 1.54) is 7.11 Å². The number of methoxy groups -OCH3 is 1. The Labute approximate surface area is 101 Å². The van der Waals surface area contributed by atoms with Crippen LogP contribution in [0.4, 0.5) is 0 Å². The molecule has 4 nitrogen and oxygen atoms in total. The molecule has 0 radical (unpaired) electrons. The number of likely N-dealkylation sites (tertiary alicyclic amines) is 1. The largest absolute Gasteiger partial charge is 0.467 e. The van der Waals surface area contributed by atoms with Gasteiger partial charge in [-0.15, -0.1) is 0 Å². The van der Waals surface area contributed by atoms with Gasteiger partial charge in [-0.25, -0.2) is 4.79 Å². The van der Waals surface area contributed by atoms with Crippen molar-refractivity contribution in [3.8, 4) is 0 Å². The van der Waals surface area contributed by atoms with E-state index in [2.05, 4.69) is 16.2 Å². The normalized spacial score (nSPS) is 20.4. The molecule has 92 valence electrons. The van der Waals surface area contributed by atoms with Gasteiger partial charge >= 0.3 is 5.97 Å². The second-order valence-electron chi connectivity index (χ2n) is 4.10. The van der Waals surface area contributed by atoms with Gasteiger partial charge in [0.2, 0.25) is 0 Å². The lowest BCUT2D eigenvalue weighted by molar-refractivity contribution is -0.154. The smallest absolute Gasteiger partial charge is 0.334 e. The quantitative estimate of drug-likeness (QED) is 0.753. The lowest BCUT2D eigenvalue weighted by atomic mass is 9.91. The van der Waals surface area contributed by atoms with Crippen molar-refractivity contribution in [2.24, 2.45) is 5.92 Å². The van der Waals surface area contributed by atoms with Gasteiger partial charge in [0.25, 0.3) is 0 Å². The number of carbonyl (C=O) groups excluding carboxylic acids is 1. The van der Waals surface area contributed by atoms with Crippen LogP contribution in [0.2, 0.25) is 0 Å². The topological polar surface area (TPSA) is 49.8 Å². The van der Waals surface area contributed by atoms with Crippen molar-refractivity contribution >= 4 is 17.6 Å². The highest BCUT2D eigenvalue weighted by molar-refractivity contribution is 6.29. The molecular formula is C11H18ClNO3. The first kappa shape index (κ1) is 13.5. The van der Waals surface area contributed by atoms with Crippen LogP contribution in [0.1, 0.15) is 12.8 Å². The number of hydrogen-bond acceptors (Lipinski definition) is 4. The first-order valence-corrected chi connectivity index (χ1v) is 5.74. The Kier molecular flexibility index (Phi) is 5.25. The number of aliphatic hydroxyl groups is 1. The maximum Gasteiger partial charge on any atom is 0.334 e. The molecule has 0 spiro atoms. The molecule has 16 heavy (non-hydrogen) atoms. The molecule has 5 heteroatoms. The van der Waals surface area contributed by atoms with E-state index in [0.29, 0.717) is 11.6 Å². The molecule has 1 unspecified atom stereocenters. The SMILES string of the molecule is C=C(Cl)CN1CCC(C(O)C(=O)OC)CC1. The molecule has 1 fully saturated rings. The molecule has 0 bridgehead atoms. The van der Waals surface area contributed by atoms with Crippen LogP contribution in [0.25, 0.3) is 0 Å². The van der Waals surface area contributed by atoms with Crippen LogP contribution in [0, 0.1) is 5.92 Å². The first-order chi connectivity index (χ1) is 7.54. The van der Waals surface area contributed by atoms with Crippen molar-refractivity contribution in [1.82, 2.24) is 4.90 Å². The van der Waals surface area contributed by atoms with Crippen LogP contribution in [0.15, 0.2) is 11.6 Å². The maximum absolute atomic E-state index is 11.1. The Balaban J connectivity index is 2.36. The summed E-state index contributed by atoms with van der Waals surface area (Å²) in [7, 11) is 1.29. The third kappa shape index (κ3) is 3.77. The van der Waals surface area contributed by atoms with Crippen molar-refractivity contribution in [2.75, 3.05) is 26.7 Å². The summed E-state index contributed by atoms with van der Waals surface area (Å²) in [6.07, 6.45) is 0.562. The number of carbonyl (C=O) groups is 1. The van der Waals surface area contributed by atoms with E-state index in [9.17, 15) is 9.90 Å². The average molecular weight is 248 g/mol. The zero-order chi connectivity index (χ0) is 12.1. The van der Waals surface area contributed by atoms with E-state index in [0.717, 1.165) is 25.9 Å². The highest BCUT2D eigenvalue weighted by atomic mass is 35.5. The van der Waals surface area contributed by atoms with Gasteiger partial charge in [-0.1, -0.05) is 18.2 Å². The summed E-state index contributed by atoms with van der Waals surface area (Å²) in [5.74, 6) is -0.549. The van der Waals surface area contributed by atoms with Gasteiger partial charge in [-0.05, 0) is 31.8 Å². The minimum absolute atomic E-state index is 0.00714. The van der Waals surface area contributed by atoms with Crippen molar-refractivity contribution in [2.45, 2.75) is 18.9 Å². The van der Waals surface area contributed by atoms with E-state index in [1.54, 1.807) is 0 Å². The fraction of sp³-hybridized carbons (Fsp3) is 0.727. The molecule has 0 aliphatic carbocycles. The molecule has 0 aromatic heterocycles. The maximum atomic E-state index is 11.1. The van der Waals surface area contributed by atoms with Gasteiger partial charge in [-0.3, -0.25) is 4.90 Å². The molecule has 1 N–H and O–H groups in total. The summed E-state index contributed by atoms with van der Waals surface area (Å²) in [5, 5.41) is 10.3. The Morgan fingerprint density at radius 2 is 2.19 bits per heavy atom. The number of piperidine rings is 1. The molecule has 1 heterocycles. The number of halogens is 1. The van der Waals surface area contributed by atoms with Gasteiger partial charge in [0.05, 0.1) is 7.11 Å². The zero-order valence-electron chi connectivity index (χ0n) is 9.49. The molecule has 1 aliphatic heterocycles. The van der Waals surface area contributed by atoms with E-state index >= 15 is 0 Å². The summed E-state index contributed by atoms with van der Waals surface area (Å²) < 4.78 is 4.52. The molecule has 0 saturated carbocycles. The number of ether oxygens (including phenoxy) is 1. The number of hydrogen-bond donors (Lipinski definition) is 1. The summed E-state index contributed by atoms with van der Waals surface area (Å²) in [4.78, 5) is 13.3. The van der Waals surface area contributed by atoms with Crippen LogP contribution in [-0.2, 0) is 9.53 Å². The predicted molar refractivity (Wildman–Crippen MR) is 62.2 cm³/mol. The van der Waals surface area contributed by atoms with E-state index in [-0.39, 0.29) is 5.92 Å². The summed E-state index contributed by atoms with van der Waals surface area (Å²) in [6, 6.07) is 0. The molecule has 0 aromatic carbocycles. The van der Waals surface area contributed by atoms with Crippen molar-refractivity contribution in [3.05, 3.63) is 11.6 Å². The Morgan fingerprint density at radius 1 is 1.62 bits per heavy atom. The lowest BCUT2D eigenvalue weighted by Gasteiger charge is -2.33. The molecule has 1 aliphatic rings. The molecule has 0 aromatic rings. The third-order valence-corrected chi connectivity index (χ3v) is 3.04. The average Bonchev–Trinajstić information content (AvgIpc) is 2.27. The third-order valence-electron chi connectivity index (χ3n) is 2.92. The minimum Gasteiger partial charge on any atom is -0.467 e. The van der Waals surface area contributed by atoms with E-state index in [1.807, 2.05) is 0 Å². The number of aliphatic hydroxyl groups excluding tert-OH is 1. The van der Waals surface area contributed by atoms with Gasteiger partial charge in [0, 0.05) is 11.6 Å². The number of nitrogens with zero attached hydrogens (tertiary/aromatic N) is 1. The van der Waals surface area contributed by atoms with Crippen molar-refractivity contribution < 1.29 is 14.6 Å². The van der Waals surface area contributed by atoms with Gasteiger partial charge in [0.15, 0.2) is 6.10 Å². The highest BCUT2D eigenvalue weighted by Gasteiger charge is 2.30. The predicted octanol–water partition coefficient (Wildman–Crippen LogP) is 0.985. The Bertz CT molecular complexity index is 262. The highest BCUT2D eigenvalue weighted by Crippen LogP contribution is 2.22. The number of rotatable bonds is 4. The minimum atomic E-state index is -0.994. The van der Waals surface area contributed by atoms with E-state index in [4.69, 9.17) is 11.6 Å². The summed E-state index contributed by atoms with van der Waals surface area (Å²) in [5.41, 5.74) is 0. The fourth-order valence-electron chi connectivity index (χ4n) is 1.98. The standard InChI is InChI=1S/C11H18ClNO3/c1-8(12)7-13-5-3-9(4-6-13)10(14)11(15)16-2/h9-10,14H,1,3-7H2,2H3. The van der Waals surface area contributed by atoms with Gasteiger partial charge in [0.1, 0.15) is 0 Å². The second kappa shape index (κ2) is 6.23. The molecule has 1 saturated heterocycles. The van der Waals surface area contributed by atoms with Crippen LogP contribution in [-0.4, -0.2) is 48.8 Å². The summed E-state index contributed by atoms with van der Waals surface area (Å²) in [6.45, 7) is 5.96. The molecule has 0 amide bonds. The zero-order valence-corrected chi connectivity index (χ0v) is 10.2. The Morgan fingerprint density at radius 3 is 2.62 bits per heavy atom. The monoisotopic (exact) mass is 247 g/mol. The van der Waals surface area contributed by atoms with Crippen LogP contribution >= 0.6 is 11.6 Å². The summed E-state index contributed by atoms with van der Waals surface area (Å²) >= 11 is 5.72. The van der Waals surface area contributed by atoms with Gasteiger partial charge in [-0.2, -0.15) is 0 Å². The van der Waals surface area contributed by atoms with Crippen LogP contribution in [0.3, 0.4) is 0 Å². The Hall–Kier alpha value is -0.580.